The lowest BCUT2D eigenvalue weighted by atomic mass is 10.1. The maximum atomic E-state index is 13.7. The number of hydrogen-bond acceptors (Lipinski definition) is 2. The van der Waals surface area contributed by atoms with E-state index in [2.05, 4.69) is 17.0 Å². The lowest BCUT2D eigenvalue weighted by molar-refractivity contribution is 0.419. The highest BCUT2D eigenvalue weighted by molar-refractivity contribution is 5.53. The van der Waals surface area contributed by atoms with Crippen LogP contribution in [0.3, 0.4) is 0 Å². The van der Waals surface area contributed by atoms with Crippen LogP contribution >= 0.6 is 0 Å². The van der Waals surface area contributed by atoms with Crippen molar-refractivity contribution in [2.24, 2.45) is 0 Å². The second-order valence-electron chi connectivity index (χ2n) is 4.71. The third-order valence-corrected chi connectivity index (χ3v) is 3.13. The van der Waals surface area contributed by atoms with Crippen molar-refractivity contribution in [1.29, 1.82) is 0 Å². The van der Waals surface area contributed by atoms with Crippen LogP contribution in [-0.2, 0) is 6.54 Å². The largest absolute Gasteiger partial charge is 0.307 e. The molecule has 0 radical (unpaired) electrons. The first-order chi connectivity index (χ1) is 9.31. The van der Waals surface area contributed by atoms with Crippen LogP contribution in [0.15, 0.2) is 30.3 Å². The molecule has 1 heterocycles. The zero-order chi connectivity index (χ0) is 13.5. The van der Waals surface area contributed by atoms with Gasteiger partial charge in [0, 0.05) is 12.1 Å². The van der Waals surface area contributed by atoms with E-state index in [1.807, 2.05) is 30.3 Å². The Balaban J connectivity index is 1.94. The highest BCUT2D eigenvalue weighted by Crippen LogP contribution is 2.15. The van der Waals surface area contributed by atoms with Gasteiger partial charge < -0.3 is 0 Å². The van der Waals surface area contributed by atoms with Crippen LogP contribution in [0.25, 0.3) is 11.4 Å². The molecule has 0 saturated carbocycles. The first-order valence-corrected chi connectivity index (χ1v) is 6.97. The molecule has 0 aliphatic heterocycles. The second kappa shape index (κ2) is 7.02. The maximum absolute atomic E-state index is 13.7. The minimum absolute atomic E-state index is 0.464. The summed E-state index contributed by atoms with van der Waals surface area (Å²) in [7, 11) is 0. The predicted molar refractivity (Wildman–Crippen MR) is 74.2 cm³/mol. The summed E-state index contributed by atoms with van der Waals surface area (Å²) in [5.41, 5.74) is 0.853. The number of nitrogens with zero attached hydrogens (tertiary/aromatic N) is 3. The molecule has 2 aromatic rings. The third-order valence-electron chi connectivity index (χ3n) is 3.13. The molecule has 0 amide bonds. The standard InChI is InChI=1S/C15H20FN3/c1-2-3-4-5-9-12-19-15(16)17-14(18-19)13-10-7-6-8-11-13/h6-8,10-11H,2-5,9,12H2,1H3. The Bertz CT molecular complexity index is 493. The van der Waals surface area contributed by atoms with E-state index >= 15 is 0 Å². The van der Waals surface area contributed by atoms with E-state index in [4.69, 9.17) is 0 Å². The quantitative estimate of drug-likeness (QED) is 0.704. The number of aryl methyl sites for hydroxylation is 1. The third kappa shape index (κ3) is 3.88. The summed E-state index contributed by atoms with van der Waals surface area (Å²) in [6.07, 6.45) is 5.25. The number of aromatic nitrogens is 3. The van der Waals surface area contributed by atoms with Crippen molar-refractivity contribution in [2.75, 3.05) is 0 Å². The van der Waals surface area contributed by atoms with E-state index in [9.17, 15) is 4.39 Å². The van der Waals surface area contributed by atoms with Gasteiger partial charge in [-0.25, -0.2) is 4.68 Å². The molecule has 4 heteroatoms. The number of rotatable bonds is 7. The van der Waals surface area contributed by atoms with Crippen molar-refractivity contribution in [1.82, 2.24) is 14.8 Å². The smallest absolute Gasteiger partial charge is 0.221 e. The number of unbranched alkanes of at least 4 members (excludes halogenated alkanes) is 4. The van der Waals surface area contributed by atoms with Crippen LogP contribution in [0.4, 0.5) is 4.39 Å². The molecular weight excluding hydrogens is 241 g/mol. The summed E-state index contributed by atoms with van der Waals surface area (Å²) in [6.45, 7) is 2.79. The predicted octanol–water partition coefficient (Wildman–Crippen LogP) is 4.05. The molecule has 0 bridgehead atoms. The molecule has 0 atom stereocenters. The molecule has 2 rings (SSSR count). The fraction of sp³-hybridized carbons (Fsp3) is 0.467. The van der Waals surface area contributed by atoms with Gasteiger partial charge in [-0.15, -0.1) is 5.10 Å². The van der Waals surface area contributed by atoms with Crippen molar-refractivity contribution >= 4 is 0 Å². The van der Waals surface area contributed by atoms with E-state index < -0.39 is 6.08 Å². The normalized spacial score (nSPS) is 10.8. The van der Waals surface area contributed by atoms with Crippen LogP contribution in [0, 0.1) is 6.08 Å². The maximum Gasteiger partial charge on any atom is 0.307 e. The fourth-order valence-electron chi connectivity index (χ4n) is 2.04. The van der Waals surface area contributed by atoms with Crippen molar-refractivity contribution in [2.45, 2.75) is 45.6 Å². The van der Waals surface area contributed by atoms with E-state index in [1.54, 1.807) is 0 Å². The molecule has 1 aromatic carbocycles. The Morgan fingerprint density at radius 2 is 1.79 bits per heavy atom. The summed E-state index contributed by atoms with van der Waals surface area (Å²) < 4.78 is 15.0. The van der Waals surface area contributed by atoms with Gasteiger partial charge in [-0.2, -0.15) is 9.37 Å². The van der Waals surface area contributed by atoms with E-state index in [0.29, 0.717) is 12.4 Å². The Hall–Kier alpha value is -1.71. The van der Waals surface area contributed by atoms with E-state index in [0.717, 1.165) is 18.4 Å². The first-order valence-electron chi connectivity index (χ1n) is 6.97. The van der Waals surface area contributed by atoms with E-state index in [1.165, 1.54) is 23.9 Å². The zero-order valence-corrected chi connectivity index (χ0v) is 11.3. The van der Waals surface area contributed by atoms with Gasteiger partial charge >= 0.3 is 6.08 Å². The van der Waals surface area contributed by atoms with E-state index in [-0.39, 0.29) is 0 Å². The molecule has 0 saturated heterocycles. The number of halogens is 1. The van der Waals surface area contributed by atoms with Crippen molar-refractivity contribution in [3.05, 3.63) is 36.4 Å². The van der Waals surface area contributed by atoms with Crippen molar-refractivity contribution in [3.63, 3.8) is 0 Å². The van der Waals surface area contributed by atoms with Gasteiger partial charge in [-0.3, -0.25) is 0 Å². The minimum atomic E-state index is -0.491. The monoisotopic (exact) mass is 261 g/mol. The van der Waals surface area contributed by atoms with Crippen molar-refractivity contribution < 1.29 is 4.39 Å². The Morgan fingerprint density at radius 1 is 1.05 bits per heavy atom. The topological polar surface area (TPSA) is 30.7 Å². The van der Waals surface area contributed by atoms with Crippen LogP contribution in [-0.4, -0.2) is 14.8 Å². The summed E-state index contributed by atoms with van der Waals surface area (Å²) >= 11 is 0. The molecule has 0 spiro atoms. The molecule has 0 N–H and O–H groups in total. The summed E-state index contributed by atoms with van der Waals surface area (Å²) in [5, 5.41) is 4.23. The summed E-state index contributed by atoms with van der Waals surface area (Å²) in [6, 6.07) is 9.50. The SMILES string of the molecule is CCCCCCCn1nc(-c2ccccc2)nc1F. The van der Waals surface area contributed by atoms with Crippen LogP contribution < -0.4 is 0 Å². The molecule has 0 unspecified atom stereocenters. The van der Waals surface area contributed by atoms with Gasteiger partial charge in [0.05, 0.1) is 0 Å². The fourth-order valence-corrected chi connectivity index (χ4v) is 2.04. The number of benzene rings is 1. The Kier molecular flexibility index (Phi) is 5.07. The molecule has 1 aromatic heterocycles. The molecule has 0 aliphatic rings. The lowest BCUT2D eigenvalue weighted by Crippen LogP contribution is -2.03. The van der Waals surface area contributed by atoms with Gasteiger partial charge in [-0.05, 0) is 6.42 Å². The highest BCUT2D eigenvalue weighted by atomic mass is 19.1. The molecule has 0 aliphatic carbocycles. The van der Waals surface area contributed by atoms with Gasteiger partial charge in [0.15, 0.2) is 5.82 Å². The molecule has 102 valence electrons. The summed E-state index contributed by atoms with van der Waals surface area (Å²) in [5.74, 6) is 0.464. The Morgan fingerprint density at radius 3 is 2.53 bits per heavy atom. The minimum Gasteiger partial charge on any atom is -0.221 e. The molecule has 0 fully saturated rings. The second-order valence-corrected chi connectivity index (χ2v) is 4.71. The van der Waals surface area contributed by atoms with Gasteiger partial charge in [-0.1, -0.05) is 62.9 Å². The van der Waals surface area contributed by atoms with Crippen LogP contribution in [0.1, 0.15) is 39.0 Å². The first kappa shape index (κ1) is 13.7. The average Bonchev–Trinajstić information content (AvgIpc) is 2.81. The molecular formula is C15H20FN3. The lowest BCUT2D eigenvalue weighted by Gasteiger charge is -2.01. The Labute approximate surface area is 113 Å². The summed E-state index contributed by atoms with van der Waals surface area (Å²) in [4.78, 5) is 3.88. The van der Waals surface area contributed by atoms with Crippen molar-refractivity contribution in [3.8, 4) is 11.4 Å². The van der Waals surface area contributed by atoms with Gasteiger partial charge in [0.1, 0.15) is 0 Å². The highest BCUT2D eigenvalue weighted by Gasteiger charge is 2.10. The van der Waals surface area contributed by atoms with Gasteiger partial charge in [0.2, 0.25) is 0 Å². The van der Waals surface area contributed by atoms with Crippen LogP contribution in [0.2, 0.25) is 0 Å². The van der Waals surface area contributed by atoms with Crippen LogP contribution in [0.5, 0.6) is 0 Å². The zero-order valence-electron chi connectivity index (χ0n) is 11.3. The number of hydrogen-bond donors (Lipinski definition) is 0. The average molecular weight is 261 g/mol. The van der Waals surface area contributed by atoms with Gasteiger partial charge in [0.25, 0.3) is 0 Å². The molecule has 3 nitrogen and oxygen atoms in total. The molecule has 19 heavy (non-hydrogen) atoms.